The Labute approximate surface area is 326 Å². The number of phenolic OH excluding ortho intramolecular Hbond substituents is 2. The van der Waals surface area contributed by atoms with E-state index in [-0.39, 0.29) is 44.7 Å². The van der Waals surface area contributed by atoms with Gasteiger partial charge in [0.15, 0.2) is 12.4 Å². The standard InChI is InChI=1S/C41H54N2O13/c1-11-42-29(45)18-53-28-17-26-36(49)31-30(28)32-38(24(7)35(31)48)56-41(9,39(32)50)54-16-15-27(52-10)21(4)37(55-25(8)44)23(6)34(47)22(5)33(46)19(2)13-12-14-20(3)40(51)43-26/h12-17,19,21-23,27,33-34,37,46-49H,11,18H2,1-10H3,(H,42,45)(H,43,51)/b13-12+,16-15+,20-14-/t19-,21-,22-,23-,27+,33-,34+,37-,41+/m1/s1. The molecule has 2 amide bonds. The average Bonchev–Trinajstić information content (AvgIpc) is 3.42. The molecule has 6 N–H and O–H groups in total. The molecule has 0 saturated carbocycles. The predicted octanol–water partition coefficient (Wildman–Crippen LogP) is 4.56. The molecule has 2 aromatic rings. The van der Waals surface area contributed by atoms with Gasteiger partial charge >= 0.3 is 11.8 Å². The van der Waals surface area contributed by atoms with Crippen molar-refractivity contribution < 1.29 is 63.3 Å². The summed E-state index contributed by atoms with van der Waals surface area (Å²) >= 11 is 0. The number of aliphatic hydroxyl groups is 2. The number of carbonyl (C=O) groups excluding carboxylic acids is 4. The van der Waals surface area contributed by atoms with Crippen molar-refractivity contribution >= 4 is 40.0 Å². The number of fused-ring (bicyclic) bond motifs is 14. The first-order valence-electron chi connectivity index (χ1n) is 18.5. The molecular formula is C41H54N2O13. The zero-order valence-corrected chi connectivity index (χ0v) is 33.5. The van der Waals surface area contributed by atoms with Crippen molar-refractivity contribution in [3.05, 3.63) is 53.3 Å². The van der Waals surface area contributed by atoms with Gasteiger partial charge in [-0.2, -0.15) is 0 Å². The number of likely N-dealkylation sites (N-methyl/N-ethyl adjacent to an activating group) is 1. The maximum Gasteiger partial charge on any atom is 0.312 e. The third-order valence-electron chi connectivity index (χ3n) is 10.6. The van der Waals surface area contributed by atoms with Crippen LogP contribution in [0.1, 0.15) is 71.3 Å². The summed E-state index contributed by atoms with van der Waals surface area (Å²) in [5, 5.41) is 50.7. The number of ether oxygens (including phenoxy) is 5. The Morgan fingerprint density at radius 1 is 0.982 bits per heavy atom. The number of amides is 2. The monoisotopic (exact) mass is 782 g/mol. The van der Waals surface area contributed by atoms with E-state index in [4.69, 9.17) is 23.7 Å². The lowest BCUT2D eigenvalue weighted by Crippen LogP contribution is -2.46. The molecule has 15 nitrogen and oxygen atoms in total. The van der Waals surface area contributed by atoms with E-state index >= 15 is 0 Å². The first-order chi connectivity index (χ1) is 26.3. The topological polar surface area (TPSA) is 219 Å². The van der Waals surface area contributed by atoms with Crippen LogP contribution in [0.2, 0.25) is 0 Å². The molecule has 0 aromatic heterocycles. The number of aliphatic hydroxyl groups excluding tert-OH is 2. The van der Waals surface area contributed by atoms with Gasteiger partial charge in [-0.3, -0.25) is 19.2 Å². The lowest BCUT2D eigenvalue weighted by molar-refractivity contribution is -0.160. The van der Waals surface area contributed by atoms with E-state index < -0.39 is 95.5 Å². The molecule has 9 atom stereocenters. The van der Waals surface area contributed by atoms with Crippen molar-refractivity contribution in [1.82, 2.24) is 5.32 Å². The second-order valence-corrected chi connectivity index (χ2v) is 14.6. The van der Waals surface area contributed by atoms with Crippen molar-refractivity contribution in [1.29, 1.82) is 0 Å². The fourth-order valence-electron chi connectivity index (χ4n) is 7.14. The molecule has 0 radical (unpaired) electrons. The van der Waals surface area contributed by atoms with E-state index in [1.54, 1.807) is 46.8 Å². The van der Waals surface area contributed by atoms with Gasteiger partial charge < -0.3 is 54.7 Å². The van der Waals surface area contributed by atoms with E-state index in [2.05, 4.69) is 10.6 Å². The fraction of sp³-hybridized carbons (Fsp3) is 0.512. The van der Waals surface area contributed by atoms with E-state index in [1.807, 2.05) is 0 Å². The number of hydrogen-bond donors (Lipinski definition) is 6. The second-order valence-electron chi connectivity index (χ2n) is 14.6. The number of anilines is 1. The number of methoxy groups -OCH3 is 1. The van der Waals surface area contributed by atoms with Crippen molar-refractivity contribution in [2.24, 2.45) is 23.7 Å². The van der Waals surface area contributed by atoms with Gasteiger partial charge in [0.05, 0.1) is 41.2 Å². The molecule has 5 bridgehead atoms. The van der Waals surface area contributed by atoms with Gasteiger partial charge in [0, 0.05) is 73.8 Å². The number of aromatic hydroxyl groups is 2. The summed E-state index contributed by atoms with van der Waals surface area (Å²) in [6, 6.07) is 1.24. The Bertz CT molecular complexity index is 1940. The maximum absolute atomic E-state index is 14.3. The van der Waals surface area contributed by atoms with Crippen LogP contribution in [-0.2, 0) is 28.6 Å². The molecule has 0 aliphatic carbocycles. The van der Waals surface area contributed by atoms with Crippen LogP contribution >= 0.6 is 0 Å². The number of phenols is 2. The molecule has 0 spiro atoms. The number of carbonyl (C=O) groups is 4. The van der Waals surface area contributed by atoms with Crippen LogP contribution in [0.3, 0.4) is 0 Å². The molecule has 2 aromatic carbocycles. The van der Waals surface area contributed by atoms with E-state index in [0.717, 1.165) is 0 Å². The van der Waals surface area contributed by atoms with Crippen LogP contribution in [0.15, 0.2) is 42.2 Å². The largest absolute Gasteiger partial charge is 0.507 e. The van der Waals surface area contributed by atoms with E-state index in [1.165, 1.54) is 59.3 Å². The van der Waals surface area contributed by atoms with Crippen LogP contribution in [0.25, 0.3) is 10.8 Å². The van der Waals surface area contributed by atoms with Gasteiger partial charge in [0.25, 0.3) is 17.6 Å². The minimum atomic E-state index is -2.02. The summed E-state index contributed by atoms with van der Waals surface area (Å²) in [6.07, 6.45) is 3.57. The molecule has 306 valence electrons. The van der Waals surface area contributed by atoms with Gasteiger partial charge in [-0.15, -0.1) is 0 Å². The van der Waals surface area contributed by atoms with Crippen LogP contribution in [0.4, 0.5) is 5.69 Å². The zero-order chi connectivity index (χ0) is 41.8. The number of nitrogens with one attached hydrogen (secondary N) is 2. The zero-order valence-electron chi connectivity index (χ0n) is 33.5. The highest BCUT2D eigenvalue weighted by Crippen LogP contribution is 2.54. The molecular weight excluding hydrogens is 728 g/mol. The first-order valence-corrected chi connectivity index (χ1v) is 18.5. The van der Waals surface area contributed by atoms with Crippen molar-refractivity contribution in [3.8, 4) is 23.0 Å². The Morgan fingerprint density at radius 3 is 2.29 bits per heavy atom. The van der Waals surface area contributed by atoms with Gasteiger partial charge in [-0.1, -0.05) is 45.9 Å². The quantitative estimate of drug-likeness (QED) is 0.175. The number of benzene rings is 2. The van der Waals surface area contributed by atoms with Gasteiger partial charge in [0.2, 0.25) is 0 Å². The van der Waals surface area contributed by atoms with Crippen molar-refractivity contribution in [2.45, 2.75) is 92.5 Å². The third kappa shape index (κ3) is 8.79. The summed E-state index contributed by atoms with van der Waals surface area (Å²) in [5.41, 5.74) is -0.0351. The normalized spacial score (nSPS) is 30.8. The number of esters is 1. The molecule has 56 heavy (non-hydrogen) atoms. The molecule has 5 rings (SSSR count). The number of allylic oxidation sites excluding steroid dienone is 2. The maximum atomic E-state index is 14.3. The fourth-order valence-corrected chi connectivity index (χ4v) is 7.14. The van der Waals surface area contributed by atoms with Crippen LogP contribution in [-0.4, -0.2) is 94.5 Å². The molecule has 3 aliphatic heterocycles. The van der Waals surface area contributed by atoms with Crippen LogP contribution < -0.4 is 20.1 Å². The van der Waals surface area contributed by atoms with Gasteiger partial charge in [-0.05, 0) is 26.8 Å². The smallest absolute Gasteiger partial charge is 0.312 e. The Balaban J connectivity index is 1.93. The summed E-state index contributed by atoms with van der Waals surface area (Å²) in [6.45, 7) is 14.0. The van der Waals surface area contributed by atoms with E-state index in [0.29, 0.717) is 6.54 Å². The third-order valence-corrected chi connectivity index (χ3v) is 10.6. The Hall–Kier alpha value is -5.12. The lowest BCUT2D eigenvalue weighted by Gasteiger charge is -2.38. The SMILES string of the molecule is CCNC(=O)COc1cc2c(O)c3c(O)c(C)c4c(c13)C(=O)[C@@](C)(O/C=C/[C@H](OC)[C@@H](C)[C@@H](OC(C)=O)[C@H](C)[C@@H](O)[C@H](C)[C@H](O)[C@H](C)/C=C/C=C(/C)C(=O)N2)O4. The highest BCUT2D eigenvalue weighted by atomic mass is 16.7. The van der Waals surface area contributed by atoms with Gasteiger partial charge in [-0.25, -0.2) is 0 Å². The second kappa shape index (κ2) is 17.8. The Morgan fingerprint density at radius 2 is 1.66 bits per heavy atom. The van der Waals surface area contributed by atoms with Crippen LogP contribution in [0.5, 0.6) is 23.0 Å². The summed E-state index contributed by atoms with van der Waals surface area (Å²) < 4.78 is 29.4. The molecule has 3 heterocycles. The minimum Gasteiger partial charge on any atom is -0.507 e. The van der Waals surface area contributed by atoms with E-state index in [9.17, 15) is 39.6 Å². The molecule has 0 saturated heterocycles. The number of Topliss-reactive ketones (excluding diaryl/α,β-unsaturated/α-hetero) is 1. The average molecular weight is 783 g/mol. The molecule has 0 unspecified atom stereocenters. The van der Waals surface area contributed by atoms with Crippen molar-refractivity contribution in [2.75, 3.05) is 25.6 Å². The number of ketones is 1. The summed E-state index contributed by atoms with van der Waals surface area (Å²) in [7, 11) is 1.43. The highest BCUT2D eigenvalue weighted by Gasteiger charge is 2.49. The highest BCUT2D eigenvalue weighted by molar-refractivity contribution is 6.21. The number of rotatable bonds is 6. The molecule has 15 heteroatoms. The Kier molecular flexibility index (Phi) is 13.8. The summed E-state index contributed by atoms with van der Waals surface area (Å²) in [5.74, 6) is -8.18. The number of hydrogen-bond acceptors (Lipinski definition) is 13. The minimum absolute atomic E-state index is 0.0639. The lowest BCUT2D eigenvalue weighted by atomic mass is 9.78. The van der Waals surface area contributed by atoms with Crippen LogP contribution in [0, 0.1) is 30.6 Å². The molecule has 3 aliphatic rings. The van der Waals surface area contributed by atoms with Crippen molar-refractivity contribution in [3.63, 3.8) is 0 Å². The summed E-state index contributed by atoms with van der Waals surface area (Å²) in [4.78, 5) is 52.6. The predicted molar refractivity (Wildman–Crippen MR) is 206 cm³/mol. The van der Waals surface area contributed by atoms with Gasteiger partial charge in [0.1, 0.15) is 23.4 Å². The molecule has 0 fully saturated rings. The first kappa shape index (κ1) is 43.6.